The second kappa shape index (κ2) is 7.67. The fraction of sp³-hybridized carbons (Fsp3) is 0.200. The number of aryl methyl sites for hydroxylation is 1. The summed E-state index contributed by atoms with van der Waals surface area (Å²) in [6, 6.07) is 18.5. The fourth-order valence-electron chi connectivity index (χ4n) is 4.36. The van der Waals surface area contributed by atoms with Crippen LogP contribution in [0.3, 0.4) is 0 Å². The number of benzene rings is 2. The van der Waals surface area contributed by atoms with Crippen molar-refractivity contribution >= 4 is 28.5 Å². The van der Waals surface area contributed by atoms with Crippen molar-refractivity contribution < 1.29 is 5.11 Å². The van der Waals surface area contributed by atoms with Gasteiger partial charge in [-0.25, -0.2) is 0 Å². The van der Waals surface area contributed by atoms with E-state index in [1.54, 1.807) is 6.21 Å². The van der Waals surface area contributed by atoms with Gasteiger partial charge in [0, 0.05) is 54.2 Å². The van der Waals surface area contributed by atoms with Gasteiger partial charge in [0.1, 0.15) is 0 Å². The van der Waals surface area contributed by atoms with Gasteiger partial charge in [-0.15, -0.1) is 0 Å². The first-order chi connectivity index (χ1) is 14.7. The second-order valence-electron chi connectivity index (χ2n) is 7.87. The summed E-state index contributed by atoms with van der Waals surface area (Å²) in [5.74, 6) is 0.706. The molecule has 2 N–H and O–H groups in total. The number of H-pyrrole nitrogens is 1. The predicted molar refractivity (Wildman–Crippen MR) is 122 cm³/mol. The Morgan fingerprint density at radius 3 is 2.70 bits per heavy atom. The van der Waals surface area contributed by atoms with Gasteiger partial charge in [-0.05, 0) is 66.9 Å². The van der Waals surface area contributed by atoms with E-state index in [2.05, 4.69) is 44.1 Å². The van der Waals surface area contributed by atoms with Crippen molar-refractivity contribution in [3.63, 3.8) is 0 Å². The SMILES string of the molecule is Cc1cccc2[nH]c(O)c(C=Nc3ccc(N4CCC(c5ccncc5)C4)cc3)c12. The van der Waals surface area contributed by atoms with Crippen LogP contribution in [0.1, 0.15) is 29.0 Å². The van der Waals surface area contributed by atoms with Crippen molar-refractivity contribution in [2.75, 3.05) is 18.0 Å². The lowest BCUT2D eigenvalue weighted by Crippen LogP contribution is -2.18. The Labute approximate surface area is 175 Å². The molecule has 2 aromatic heterocycles. The molecule has 0 aliphatic carbocycles. The second-order valence-corrected chi connectivity index (χ2v) is 7.87. The van der Waals surface area contributed by atoms with Crippen molar-refractivity contribution in [2.24, 2.45) is 4.99 Å². The molecule has 1 fully saturated rings. The minimum Gasteiger partial charge on any atom is -0.494 e. The third kappa shape index (κ3) is 3.43. The summed E-state index contributed by atoms with van der Waals surface area (Å²) in [6.45, 7) is 4.12. The number of hydrogen-bond donors (Lipinski definition) is 2. The van der Waals surface area contributed by atoms with Gasteiger partial charge in [0.2, 0.25) is 0 Å². The van der Waals surface area contributed by atoms with E-state index in [4.69, 9.17) is 0 Å². The zero-order valence-electron chi connectivity index (χ0n) is 16.9. The molecule has 4 aromatic rings. The summed E-state index contributed by atoms with van der Waals surface area (Å²) in [5.41, 5.74) is 6.21. The van der Waals surface area contributed by atoms with Crippen molar-refractivity contribution in [3.8, 4) is 5.88 Å². The van der Waals surface area contributed by atoms with Crippen molar-refractivity contribution in [2.45, 2.75) is 19.3 Å². The molecule has 0 bridgehead atoms. The summed E-state index contributed by atoms with van der Waals surface area (Å²) >= 11 is 0. The molecule has 5 nitrogen and oxygen atoms in total. The molecule has 1 atom stereocenters. The van der Waals surface area contributed by atoms with Crippen LogP contribution in [0.25, 0.3) is 10.9 Å². The number of aromatic amines is 1. The minimum atomic E-state index is 0.152. The van der Waals surface area contributed by atoms with Crippen LogP contribution in [0.15, 0.2) is 72.0 Å². The van der Waals surface area contributed by atoms with Gasteiger partial charge in [-0.3, -0.25) is 9.98 Å². The molecule has 1 saturated heterocycles. The lowest BCUT2D eigenvalue weighted by atomic mass is 10.00. The van der Waals surface area contributed by atoms with E-state index < -0.39 is 0 Å². The van der Waals surface area contributed by atoms with E-state index in [1.807, 2.05) is 49.6 Å². The summed E-state index contributed by atoms with van der Waals surface area (Å²) in [7, 11) is 0. The highest BCUT2D eigenvalue weighted by molar-refractivity contribution is 6.04. The molecule has 3 heterocycles. The lowest BCUT2D eigenvalue weighted by molar-refractivity contribution is 0.457. The Bertz CT molecular complexity index is 1200. The van der Waals surface area contributed by atoms with Gasteiger partial charge in [-0.2, -0.15) is 0 Å². The van der Waals surface area contributed by atoms with E-state index in [1.165, 1.54) is 11.3 Å². The highest BCUT2D eigenvalue weighted by Gasteiger charge is 2.23. The number of anilines is 1. The molecule has 0 radical (unpaired) electrons. The average molecular weight is 396 g/mol. The summed E-state index contributed by atoms with van der Waals surface area (Å²) in [4.78, 5) is 14.2. The summed E-state index contributed by atoms with van der Waals surface area (Å²) < 4.78 is 0. The Hall–Kier alpha value is -3.60. The minimum absolute atomic E-state index is 0.152. The van der Waals surface area contributed by atoms with Crippen LogP contribution in [0.2, 0.25) is 0 Å². The number of nitrogens with one attached hydrogen (secondary N) is 1. The Morgan fingerprint density at radius 2 is 1.90 bits per heavy atom. The third-order valence-electron chi connectivity index (χ3n) is 5.97. The topological polar surface area (TPSA) is 64.5 Å². The predicted octanol–water partition coefficient (Wildman–Crippen LogP) is 5.32. The van der Waals surface area contributed by atoms with Crippen LogP contribution in [-0.4, -0.2) is 34.4 Å². The summed E-state index contributed by atoms with van der Waals surface area (Å²) in [6.07, 6.45) is 6.64. The maximum atomic E-state index is 10.3. The normalized spacial score (nSPS) is 16.7. The van der Waals surface area contributed by atoms with Crippen LogP contribution in [0.5, 0.6) is 5.88 Å². The molecular formula is C25H24N4O. The average Bonchev–Trinajstić information content (AvgIpc) is 3.39. The molecule has 1 aliphatic rings. The van der Waals surface area contributed by atoms with Gasteiger partial charge < -0.3 is 15.0 Å². The van der Waals surface area contributed by atoms with Gasteiger partial charge in [0.15, 0.2) is 5.88 Å². The van der Waals surface area contributed by atoms with Crippen LogP contribution in [0.4, 0.5) is 11.4 Å². The van der Waals surface area contributed by atoms with Gasteiger partial charge in [-0.1, -0.05) is 12.1 Å². The summed E-state index contributed by atoms with van der Waals surface area (Å²) in [5, 5.41) is 11.3. The number of rotatable bonds is 4. The molecule has 0 saturated carbocycles. The Kier molecular flexibility index (Phi) is 4.71. The van der Waals surface area contributed by atoms with E-state index in [-0.39, 0.29) is 5.88 Å². The highest BCUT2D eigenvalue weighted by atomic mass is 16.3. The smallest absolute Gasteiger partial charge is 0.198 e. The van der Waals surface area contributed by atoms with Crippen molar-refractivity contribution in [1.82, 2.24) is 9.97 Å². The number of fused-ring (bicyclic) bond motifs is 1. The zero-order valence-corrected chi connectivity index (χ0v) is 16.9. The maximum absolute atomic E-state index is 10.3. The van der Waals surface area contributed by atoms with Crippen LogP contribution >= 0.6 is 0 Å². The molecular weight excluding hydrogens is 372 g/mol. The van der Waals surface area contributed by atoms with E-state index in [0.29, 0.717) is 5.92 Å². The first-order valence-electron chi connectivity index (χ1n) is 10.3. The monoisotopic (exact) mass is 396 g/mol. The molecule has 5 heteroatoms. The van der Waals surface area contributed by atoms with Gasteiger partial charge >= 0.3 is 0 Å². The number of aliphatic imine (C=N–C) groups is 1. The van der Waals surface area contributed by atoms with Crippen LogP contribution < -0.4 is 4.90 Å². The number of pyridine rings is 1. The molecule has 1 aliphatic heterocycles. The van der Waals surface area contributed by atoms with Crippen molar-refractivity contribution in [3.05, 3.63) is 83.7 Å². The standard InChI is InChI=1S/C25H24N4O/c1-17-3-2-4-23-24(17)22(25(30)28-23)15-27-20-5-7-21(8-6-20)29-14-11-19(16-29)18-9-12-26-13-10-18/h2-10,12-13,15,19,28,30H,11,14,16H2,1H3. The van der Waals surface area contributed by atoms with E-state index in [0.717, 1.165) is 47.2 Å². The lowest BCUT2D eigenvalue weighted by Gasteiger charge is -2.19. The largest absolute Gasteiger partial charge is 0.494 e. The van der Waals surface area contributed by atoms with Crippen LogP contribution in [0, 0.1) is 6.92 Å². The van der Waals surface area contributed by atoms with E-state index in [9.17, 15) is 5.11 Å². The third-order valence-corrected chi connectivity index (χ3v) is 5.97. The molecule has 5 rings (SSSR count). The fourth-order valence-corrected chi connectivity index (χ4v) is 4.36. The molecule has 0 spiro atoms. The number of aromatic nitrogens is 2. The van der Waals surface area contributed by atoms with Gasteiger partial charge in [0.25, 0.3) is 0 Å². The molecule has 30 heavy (non-hydrogen) atoms. The number of hydrogen-bond acceptors (Lipinski definition) is 4. The first kappa shape index (κ1) is 18.4. The molecule has 2 aromatic carbocycles. The first-order valence-corrected chi connectivity index (χ1v) is 10.3. The zero-order chi connectivity index (χ0) is 20.5. The van der Waals surface area contributed by atoms with Gasteiger partial charge in [0.05, 0.1) is 11.3 Å². The Morgan fingerprint density at radius 1 is 1.10 bits per heavy atom. The van der Waals surface area contributed by atoms with Crippen LogP contribution in [-0.2, 0) is 0 Å². The molecule has 1 unspecified atom stereocenters. The van der Waals surface area contributed by atoms with E-state index >= 15 is 0 Å². The highest BCUT2D eigenvalue weighted by Crippen LogP contribution is 2.32. The maximum Gasteiger partial charge on any atom is 0.198 e. The number of aromatic hydroxyl groups is 1. The molecule has 0 amide bonds. The quantitative estimate of drug-likeness (QED) is 0.459. The number of nitrogens with zero attached hydrogens (tertiary/aromatic N) is 3. The Balaban J connectivity index is 1.32. The van der Waals surface area contributed by atoms with Crippen molar-refractivity contribution in [1.29, 1.82) is 0 Å². The molecule has 150 valence electrons.